The minimum Gasteiger partial charge on any atom is -0.303 e. The van der Waals surface area contributed by atoms with Crippen LogP contribution in [-0.2, 0) is 9.59 Å². The van der Waals surface area contributed by atoms with E-state index in [9.17, 15) is 9.59 Å². The Labute approximate surface area is 137 Å². The van der Waals surface area contributed by atoms with E-state index in [0.29, 0.717) is 13.1 Å². The first kappa shape index (κ1) is 21.3. The van der Waals surface area contributed by atoms with Gasteiger partial charge in [-0.2, -0.15) is 0 Å². The van der Waals surface area contributed by atoms with Crippen molar-refractivity contribution in [3.63, 3.8) is 0 Å². The van der Waals surface area contributed by atoms with Crippen molar-refractivity contribution in [3.05, 3.63) is 0 Å². The normalized spacial score (nSPS) is 14.4. The first-order valence-corrected chi connectivity index (χ1v) is 9.01. The maximum Gasteiger partial charge on any atom is 0.203 e. The monoisotopic (exact) mass is 312 g/mol. The third-order valence-electron chi connectivity index (χ3n) is 4.72. The van der Waals surface area contributed by atoms with Crippen molar-refractivity contribution >= 4 is 11.6 Å². The Balaban J connectivity index is 4.85. The average Bonchev–Trinajstić information content (AvgIpc) is 2.56. The Morgan fingerprint density at radius 1 is 0.636 bits per heavy atom. The highest BCUT2D eigenvalue weighted by molar-refractivity contribution is 6.38. The minimum atomic E-state index is -0.159. The number of carbonyl (C=O) groups excluding carboxylic acids is 2. The molecule has 0 aliphatic carbocycles. The number of ketones is 2. The van der Waals surface area contributed by atoms with Gasteiger partial charge < -0.3 is 9.80 Å². The van der Waals surface area contributed by atoms with Crippen molar-refractivity contribution in [3.8, 4) is 0 Å². The van der Waals surface area contributed by atoms with Gasteiger partial charge in [-0.05, 0) is 39.0 Å². The van der Waals surface area contributed by atoms with Crippen LogP contribution in [0.3, 0.4) is 0 Å². The predicted molar refractivity (Wildman–Crippen MR) is 93.2 cm³/mol. The summed E-state index contributed by atoms with van der Waals surface area (Å²) in [4.78, 5) is 29.7. The van der Waals surface area contributed by atoms with Gasteiger partial charge in [0.15, 0.2) is 0 Å². The van der Waals surface area contributed by atoms with Crippen LogP contribution in [0.15, 0.2) is 0 Å². The van der Waals surface area contributed by atoms with Crippen molar-refractivity contribution in [1.29, 1.82) is 0 Å². The lowest BCUT2D eigenvalue weighted by Gasteiger charge is -2.26. The third-order valence-corrected chi connectivity index (χ3v) is 4.72. The minimum absolute atomic E-state index is 0.154. The molecule has 0 rings (SSSR count). The molecule has 2 unspecified atom stereocenters. The summed E-state index contributed by atoms with van der Waals surface area (Å²) in [5.74, 6) is -0.627. The van der Waals surface area contributed by atoms with Gasteiger partial charge in [0.1, 0.15) is 0 Å². The van der Waals surface area contributed by atoms with Gasteiger partial charge in [0.05, 0.1) is 0 Å². The second-order valence-corrected chi connectivity index (χ2v) is 5.91. The Hall–Kier alpha value is -0.740. The van der Waals surface area contributed by atoms with E-state index in [1.807, 2.05) is 13.8 Å². The highest BCUT2D eigenvalue weighted by atomic mass is 16.2. The molecule has 0 aromatic carbocycles. The Morgan fingerprint density at radius 2 is 0.909 bits per heavy atom. The topological polar surface area (TPSA) is 40.6 Å². The Bertz CT molecular complexity index is 291. The van der Waals surface area contributed by atoms with Gasteiger partial charge in [0.25, 0.3) is 0 Å². The van der Waals surface area contributed by atoms with Gasteiger partial charge in [-0.3, -0.25) is 9.59 Å². The van der Waals surface area contributed by atoms with Crippen molar-refractivity contribution < 1.29 is 9.59 Å². The summed E-state index contributed by atoms with van der Waals surface area (Å²) in [6.07, 6.45) is 1.48. The summed E-state index contributed by atoms with van der Waals surface area (Å²) >= 11 is 0. The number of hydrogen-bond donors (Lipinski definition) is 0. The second kappa shape index (κ2) is 11.8. The predicted octanol–water partition coefficient (Wildman–Crippen LogP) is 2.86. The van der Waals surface area contributed by atoms with Crippen molar-refractivity contribution in [2.24, 2.45) is 11.8 Å². The molecular weight excluding hydrogens is 276 g/mol. The number of nitrogens with zero attached hydrogens (tertiary/aromatic N) is 2. The van der Waals surface area contributed by atoms with Crippen molar-refractivity contribution in [2.45, 2.75) is 54.4 Å². The lowest BCUT2D eigenvalue weighted by Crippen LogP contribution is -2.41. The zero-order valence-electron chi connectivity index (χ0n) is 15.5. The molecular formula is C18H36N2O2. The number of rotatable bonds is 13. The second-order valence-electron chi connectivity index (χ2n) is 5.91. The number of carbonyl (C=O) groups is 2. The largest absolute Gasteiger partial charge is 0.303 e. The van der Waals surface area contributed by atoms with Crippen molar-refractivity contribution in [2.75, 3.05) is 39.3 Å². The molecule has 4 heteroatoms. The SMILES string of the molecule is CCC(CN(CC)CC)C(=O)C(=O)C(CC)CN(CC)CC. The molecule has 0 N–H and O–H groups in total. The van der Waals surface area contributed by atoms with Gasteiger partial charge >= 0.3 is 0 Å². The van der Waals surface area contributed by atoms with Gasteiger partial charge in [-0.15, -0.1) is 0 Å². The summed E-state index contributed by atoms with van der Waals surface area (Å²) in [7, 11) is 0. The first-order chi connectivity index (χ1) is 10.5. The molecule has 0 aromatic rings. The van der Waals surface area contributed by atoms with E-state index < -0.39 is 0 Å². The van der Waals surface area contributed by atoms with Crippen LogP contribution < -0.4 is 0 Å². The quantitative estimate of drug-likeness (QED) is 0.490. The zero-order chi connectivity index (χ0) is 17.1. The molecule has 0 aliphatic rings. The molecule has 2 atom stereocenters. The zero-order valence-corrected chi connectivity index (χ0v) is 15.5. The fourth-order valence-electron chi connectivity index (χ4n) is 2.78. The van der Waals surface area contributed by atoms with E-state index >= 15 is 0 Å². The molecule has 0 heterocycles. The maximum absolute atomic E-state index is 12.6. The van der Waals surface area contributed by atoms with E-state index in [0.717, 1.165) is 39.0 Å². The first-order valence-electron chi connectivity index (χ1n) is 9.01. The van der Waals surface area contributed by atoms with Crippen LogP contribution in [0.1, 0.15) is 54.4 Å². The molecule has 0 radical (unpaired) electrons. The summed E-state index contributed by atoms with van der Waals surface area (Å²) in [6.45, 7) is 17.5. The van der Waals surface area contributed by atoms with Crippen LogP contribution in [0.4, 0.5) is 0 Å². The average molecular weight is 312 g/mol. The van der Waals surface area contributed by atoms with Crippen LogP contribution >= 0.6 is 0 Å². The standard InChI is InChI=1S/C18H36N2O2/c1-7-15(13-19(9-3)10-4)17(21)18(22)16(8-2)14-20(11-5)12-6/h15-16H,7-14H2,1-6H3. The van der Waals surface area contributed by atoms with E-state index in [1.54, 1.807) is 0 Å². The van der Waals surface area contributed by atoms with Crippen LogP contribution in [-0.4, -0.2) is 60.6 Å². The lowest BCUT2D eigenvalue weighted by atomic mass is 9.89. The highest BCUT2D eigenvalue weighted by Crippen LogP contribution is 2.15. The van der Waals surface area contributed by atoms with Gasteiger partial charge in [0.2, 0.25) is 11.6 Å². The summed E-state index contributed by atoms with van der Waals surface area (Å²) < 4.78 is 0. The molecule has 0 fully saturated rings. The molecule has 0 spiro atoms. The summed E-state index contributed by atoms with van der Waals surface area (Å²) in [5.41, 5.74) is 0. The smallest absolute Gasteiger partial charge is 0.203 e. The molecule has 130 valence electrons. The molecule has 0 aromatic heterocycles. The fraction of sp³-hybridized carbons (Fsp3) is 0.889. The fourth-order valence-corrected chi connectivity index (χ4v) is 2.78. The summed E-state index contributed by atoms with van der Waals surface area (Å²) in [5, 5.41) is 0. The van der Waals surface area contributed by atoms with E-state index in [4.69, 9.17) is 0 Å². The van der Waals surface area contributed by atoms with Crippen LogP contribution in [0.5, 0.6) is 0 Å². The molecule has 22 heavy (non-hydrogen) atoms. The van der Waals surface area contributed by atoms with Crippen LogP contribution in [0, 0.1) is 11.8 Å². The maximum atomic E-state index is 12.6. The Morgan fingerprint density at radius 3 is 1.09 bits per heavy atom. The van der Waals surface area contributed by atoms with Gasteiger partial charge in [0, 0.05) is 24.9 Å². The summed E-state index contributed by atoms with van der Waals surface area (Å²) in [6, 6.07) is 0. The molecule has 4 nitrogen and oxygen atoms in total. The number of hydrogen-bond acceptors (Lipinski definition) is 4. The molecule has 0 saturated heterocycles. The molecule has 0 bridgehead atoms. The molecule has 0 saturated carbocycles. The van der Waals surface area contributed by atoms with Crippen LogP contribution in [0.2, 0.25) is 0 Å². The lowest BCUT2D eigenvalue weighted by molar-refractivity contribution is -0.142. The third kappa shape index (κ3) is 6.57. The Kier molecular flexibility index (Phi) is 11.4. The van der Waals surface area contributed by atoms with E-state index in [1.165, 1.54) is 0 Å². The van der Waals surface area contributed by atoms with E-state index in [-0.39, 0.29) is 23.4 Å². The molecule has 0 aliphatic heterocycles. The van der Waals surface area contributed by atoms with Crippen molar-refractivity contribution in [1.82, 2.24) is 9.80 Å². The highest BCUT2D eigenvalue weighted by Gasteiger charge is 2.30. The van der Waals surface area contributed by atoms with E-state index in [2.05, 4.69) is 37.5 Å². The molecule has 0 amide bonds. The van der Waals surface area contributed by atoms with Gasteiger partial charge in [-0.1, -0.05) is 41.5 Å². The van der Waals surface area contributed by atoms with Crippen LogP contribution in [0.25, 0.3) is 0 Å². The van der Waals surface area contributed by atoms with Gasteiger partial charge in [-0.25, -0.2) is 0 Å². The number of Topliss-reactive ketones (excluding diaryl/α,β-unsaturated/α-hetero) is 2.